The van der Waals surface area contributed by atoms with Gasteiger partial charge >= 0.3 is 0 Å². The summed E-state index contributed by atoms with van der Waals surface area (Å²) in [5.74, 6) is -0.0237. The second-order valence-corrected chi connectivity index (χ2v) is 9.45. The number of halogens is 1. The van der Waals surface area contributed by atoms with Gasteiger partial charge in [-0.05, 0) is 55.2 Å². The number of rotatable bonds is 8. The molecule has 0 aliphatic heterocycles. The standard InChI is InChI=1S/C21H27ClN2O3S/c1-16-7-8-17(2)20(14-16)24(28(4,26)27)13-5-6-21(25)23(3)15-18-9-11-19(22)12-10-18/h7-12,14H,5-6,13,15H2,1-4H3. The van der Waals surface area contributed by atoms with Crippen LogP contribution in [0.15, 0.2) is 42.5 Å². The molecule has 0 atom stereocenters. The summed E-state index contributed by atoms with van der Waals surface area (Å²) in [5, 5.41) is 0.657. The van der Waals surface area contributed by atoms with E-state index in [1.165, 1.54) is 10.6 Å². The van der Waals surface area contributed by atoms with Gasteiger partial charge in [-0.3, -0.25) is 9.10 Å². The van der Waals surface area contributed by atoms with Gasteiger partial charge in [0.1, 0.15) is 0 Å². The highest BCUT2D eigenvalue weighted by Gasteiger charge is 2.20. The lowest BCUT2D eigenvalue weighted by Gasteiger charge is -2.25. The highest BCUT2D eigenvalue weighted by Crippen LogP contribution is 2.24. The Hall–Kier alpha value is -2.05. The molecule has 2 aromatic carbocycles. The molecule has 2 rings (SSSR count). The maximum Gasteiger partial charge on any atom is 0.232 e. The van der Waals surface area contributed by atoms with Gasteiger partial charge in [-0.25, -0.2) is 8.42 Å². The third-order valence-corrected chi connectivity index (χ3v) is 5.98. The average molecular weight is 423 g/mol. The Morgan fingerprint density at radius 1 is 1.07 bits per heavy atom. The SMILES string of the molecule is Cc1ccc(C)c(N(CCCC(=O)N(C)Cc2ccc(Cl)cc2)S(C)(=O)=O)c1. The fourth-order valence-corrected chi connectivity index (χ4v) is 4.11. The predicted molar refractivity (Wildman–Crippen MR) is 115 cm³/mol. The molecule has 5 nitrogen and oxygen atoms in total. The third kappa shape index (κ3) is 6.24. The van der Waals surface area contributed by atoms with E-state index < -0.39 is 10.0 Å². The molecule has 0 aliphatic rings. The highest BCUT2D eigenvalue weighted by molar-refractivity contribution is 7.92. The molecule has 1 amide bonds. The van der Waals surface area contributed by atoms with Crippen molar-refractivity contribution in [3.63, 3.8) is 0 Å². The van der Waals surface area contributed by atoms with Crippen molar-refractivity contribution in [2.75, 3.05) is 24.2 Å². The number of benzene rings is 2. The summed E-state index contributed by atoms with van der Waals surface area (Å²) in [4.78, 5) is 14.1. The van der Waals surface area contributed by atoms with E-state index in [2.05, 4.69) is 0 Å². The van der Waals surface area contributed by atoms with Gasteiger partial charge in [0.15, 0.2) is 0 Å². The van der Waals surface area contributed by atoms with Gasteiger partial charge in [0.05, 0.1) is 11.9 Å². The van der Waals surface area contributed by atoms with Gasteiger partial charge in [-0.1, -0.05) is 35.9 Å². The molecule has 0 saturated heterocycles. The van der Waals surface area contributed by atoms with E-state index in [0.717, 1.165) is 16.7 Å². The van der Waals surface area contributed by atoms with Crippen molar-refractivity contribution in [3.8, 4) is 0 Å². The van der Waals surface area contributed by atoms with E-state index in [1.807, 2.05) is 44.2 Å². The van der Waals surface area contributed by atoms with Crippen LogP contribution >= 0.6 is 11.6 Å². The number of carbonyl (C=O) groups is 1. The summed E-state index contributed by atoms with van der Waals surface area (Å²) in [5.41, 5.74) is 3.55. The predicted octanol–water partition coefficient (Wildman–Crippen LogP) is 4.16. The number of anilines is 1. The van der Waals surface area contributed by atoms with Crippen molar-refractivity contribution in [1.82, 2.24) is 4.90 Å². The Morgan fingerprint density at radius 3 is 2.32 bits per heavy atom. The summed E-state index contributed by atoms with van der Waals surface area (Å²) in [7, 11) is -1.69. The normalized spacial score (nSPS) is 11.3. The molecule has 7 heteroatoms. The van der Waals surface area contributed by atoms with E-state index in [0.29, 0.717) is 23.7 Å². The van der Waals surface area contributed by atoms with E-state index in [-0.39, 0.29) is 18.9 Å². The van der Waals surface area contributed by atoms with Crippen LogP contribution < -0.4 is 4.31 Å². The first kappa shape index (κ1) is 22.2. The zero-order valence-electron chi connectivity index (χ0n) is 16.8. The molecule has 28 heavy (non-hydrogen) atoms. The number of nitrogens with zero attached hydrogens (tertiary/aromatic N) is 2. The number of carbonyl (C=O) groups excluding carboxylic acids is 1. The Bertz CT molecular complexity index is 927. The number of hydrogen-bond donors (Lipinski definition) is 0. The van der Waals surface area contributed by atoms with Crippen LogP contribution in [-0.2, 0) is 21.4 Å². The second kappa shape index (κ2) is 9.43. The Balaban J connectivity index is 1.99. The Labute approximate surface area is 173 Å². The number of aryl methyl sites for hydroxylation is 2. The summed E-state index contributed by atoms with van der Waals surface area (Å²) >= 11 is 5.88. The van der Waals surface area contributed by atoms with Gasteiger partial charge in [-0.15, -0.1) is 0 Å². The molecule has 152 valence electrons. The lowest BCUT2D eigenvalue weighted by Crippen LogP contribution is -2.33. The molecule has 0 radical (unpaired) electrons. The van der Waals surface area contributed by atoms with Crippen LogP contribution in [0.1, 0.15) is 29.5 Å². The van der Waals surface area contributed by atoms with Gasteiger partial charge in [0.25, 0.3) is 0 Å². The van der Waals surface area contributed by atoms with Gasteiger partial charge in [-0.2, -0.15) is 0 Å². The van der Waals surface area contributed by atoms with E-state index in [1.54, 1.807) is 24.1 Å². The zero-order chi connectivity index (χ0) is 20.9. The molecule has 0 bridgehead atoms. The lowest BCUT2D eigenvalue weighted by atomic mass is 10.1. The van der Waals surface area contributed by atoms with Gasteiger partial charge in [0, 0.05) is 31.6 Å². The molecule has 0 spiro atoms. The summed E-state index contributed by atoms with van der Waals surface area (Å²) in [6.07, 6.45) is 1.93. The van der Waals surface area contributed by atoms with Crippen molar-refractivity contribution in [2.24, 2.45) is 0 Å². The van der Waals surface area contributed by atoms with Crippen molar-refractivity contribution in [3.05, 3.63) is 64.2 Å². The maximum absolute atomic E-state index is 12.4. The number of sulfonamides is 1. The fourth-order valence-electron chi connectivity index (χ4n) is 2.97. The largest absolute Gasteiger partial charge is 0.341 e. The first-order valence-electron chi connectivity index (χ1n) is 9.11. The molecule has 0 heterocycles. The zero-order valence-corrected chi connectivity index (χ0v) is 18.3. The third-order valence-electron chi connectivity index (χ3n) is 4.54. The smallest absolute Gasteiger partial charge is 0.232 e. The minimum atomic E-state index is -3.43. The van der Waals surface area contributed by atoms with E-state index in [9.17, 15) is 13.2 Å². The summed E-state index contributed by atoms with van der Waals surface area (Å²) in [6.45, 7) is 4.57. The van der Waals surface area contributed by atoms with E-state index in [4.69, 9.17) is 11.6 Å². The molecule has 2 aromatic rings. The molecule has 0 fully saturated rings. The quantitative estimate of drug-likeness (QED) is 0.641. The minimum Gasteiger partial charge on any atom is -0.341 e. The van der Waals surface area contributed by atoms with Crippen molar-refractivity contribution in [1.29, 1.82) is 0 Å². The summed E-state index contributed by atoms with van der Waals surface area (Å²) < 4.78 is 26.0. The first-order valence-corrected chi connectivity index (χ1v) is 11.3. The van der Waals surface area contributed by atoms with Crippen LogP contribution in [0.5, 0.6) is 0 Å². The average Bonchev–Trinajstić information content (AvgIpc) is 2.61. The summed E-state index contributed by atoms with van der Waals surface area (Å²) in [6, 6.07) is 13.1. The maximum atomic E-state index is 12.4. The van der Waals surface area contributed by atoms with Crippen LogP contribution in [0, 0.1) is 13.8 Å². The first-order chi connectivity index (χ1) is 13.1. The molecule has 0 unspecified atom stereocenters. The van der Waals surface area contributed by atoms with Crippen molar-refractivity contribution in [2.45, 2.75) is 33.2 Å². The van der Waals surface area contributed by atoms with Crippen LogP contribution in [0.4, 0.5) is 5.69 Å². The van der Waals surface area contributed by atoms with Crippen molar-refractivity contribution < 1.29 is 13.2 Å². The van der Waals surface area contributed by atoms with Crippen LogP contribution in [0.25, 0.3) is 0 Å². The highest BCUT2D eigenvalue weighted by atomic mass is 35.5. The Kier molecular flexibility index (Phi) is 7.49. The van der Waals surface area contributed by atoms with Crippen molar-refractivity contribution >= 4 is 33.2 Å². The van der Waals surface area contributed by atoms with Gasteiger partial charge in [0.2, 0.25) is 15.9 Å². The van der Waals surface area contributed by atoms with E-state index >= 15 is 0 Å². The monoisotopic (exact) mass is 422 g/mol. The fraction of sp³-hybridized carbons (Fsp3) is 0.381. The van der Waals surface area contributed by atoms with Crippen LogP contribution in [-0.4, -0.2) is 39.1 Å². The van der Waals surface area contributed by atoms with Gasteiger partial charge < -0.3 is 4.90 Å². The molecule has 0 aromatic heterocycles. The Morgan fingerprint density at radius 2 is 1.71 bits per heavy atom. The van der Waals surface area contributed by atoms with Crippen LogP contribution in [0.3, 0.4) is 0 Å². The van der Waals surface area contributed by atoms with Crippen LogP contribution in [0.2, 0.25) is 5.02 Å². The second-order valence-electron chi connectivity index (χ2n) is 7.10. The number of hydrogen-bond acceptors (Lipinski definition) is 3. The molecular formula is C21H27ClN2O3S. The molecular weight excluding hydrogens is 396 g/mol. The topological polar surface area (TPSA) is 57.7 Å². The minimum absolute atomic E-state index is 0.0237. The lowest BCUT2D eigenvalue weighted by molar-refractivity contribution is -0.130. The molecule has 0 N–H and O–H groups in total. The molecule has 0 aliphatic carbocycles. The number of amides is 1. The molecule has 0 saturated carbocycles.